The van der Waals surface area contributed by atoms with Gasteiger partial charge in [0.05, 0.1) is 11.4 Å². The van der Waals surface area contributed by atoms with Gasteiger partial charge in [-0.1, -0.05) is 29.8 Å². The van der Waals surface area contributed by atoms with E-state index in [0.29, 0.717) is 11.8 Å². The second kappa shape index (κ2) is 4.44. The van der Waals surface area contributed by atoms with Crippen molar-refractivity contribution >= 4 is 27.3 Å². The van der Waals surface area contributed by atoms with Crippen LogP contribution >= 0.6 is 15.9 Å². The number of nitrogens with one attached hydrogen (secondary N) is 2. The van der Waals surface area contributed by atoms with E-state index in [4.69, 9.17) is 0 Å². The smallest absolute Gasteiger partial charge is 0.0587 e. The molecule has 1 aliphatic rings. The molecule has 1 unspecified atom stereocenters. The quantitative estimate of drug-likeness (QED) is 0.814. The fraction of sp³-hybridized carbons (Fsp3) is 0.500. The van der Waals surface area contributed by atoms with Gasteiger partial charge in [0.25, 0.3) is 0 Å². The van der Waals surface area contributed by atoms with Crippen molar-refractivity contribution in [3.63, 3.8) is 0 Å². The number of fused-ring (bicyclic) bond motifs is 1. The molecule has 0 aromatic heterocycles. The summed E-state index contributed by atoms with van der Waals surface area (Å²) >= 11 is 3.49. The summed E-state index contributed by atoms with van der Waals surface area (Å²) in [7, 11) is 0. The Morgan fingerprint density at radius 1 is 1.20 bits per heavy atom. The highest BCUT2D eigenvalue weighted by atomic mass is 79.9. The van der Waals surface area contributed by atoms with Gasteiger partial charge in [-0.25, -0.2) is 0 Å². The molecule has 3 heteroatoms. The topological polar surface area (TPSA) is 24.1 Å². The fourth-order valence-corrected chi connectivity index (χ4v) is 2.20. The van der Waals surface area contributed by atoms with Gasteiger partial charge in [0.1, 0.15) is 0 Å². The Hall–Kier alpha value is -0.700. The van der Waals surface area contributed by atoms with Crippen molar-refractivity contribution in [1.29, 1.82) is 0 Å². The third kappa shape index (κ3) is 2.46. The summed E-state index contributed by atoms with van der Waals surface area (Å²) in [5.74, 6) is 1.40. The third-order valence-corrected chi connectivity index (χ3v) is 3.53. The SMILES string of the molecule is CC(C)C1CNc2ccc(Br)cc2NC1. The lowest BCUT2D eigenvalue weighted by atomic mass is 9.96. The molecule has 1 heterocycles. The van der Waals surface area contributed by atoms with Gasteiger partial charge in [0, 0.05) is 17.6 Å². The number of hydrogen-bond donors (Lipinski definition) is 2. The normalized spacial score (nSPS) is 20.1. The second-order valence-electron chi connectivity index (χ2n) is 4.46. The van der Waals surface area contributed by atoms with Crippen LogP contribution in [-0.2, 0) is 0 Å². The van der Waals surface area contributed by atoms with E-state index in [1.807, 2.05) is 0 Å². The van der Waals surface area contributed by atoms with E-state index in [1.54, 1.807) is 0 Å². The second-order valence-corrected chi connectivity index (χ2v) is 5.37. The van der Waals surface area contributed by atoms with Crippen LogP contribution in [0.15, 0.2) is 22.7 Å². The van der Waals surface area contributed by atoms with Gasteiger partial charge < -0.3 is 10.6 Å². The molecule has 2 N–H and O–H groups in total. The minimum absolute atomic E-state index is 0.691. The lowest BCUT2D eigenvalue weighted by molar-refractivity contribution is 0.426. The highest BCUT2D eigenvalue weighted by Crippen LogP contribution is 2.29. The molecule has 15 heavy (non-hydrogen) atoms. The Balaban J connectivity index is 2.18. The first-order chi connectivity index (χ1) is 7.16. The summed E-state index contributed by atoms with van der Waals surface area (Å²) in [6.45, 7) is 6.66. The van der Waals surface area contributed by atoms with Crippen LogP contribution < -0.4 is 10.6 Å². The van der Waals surface area contributed by atoms with Gasteiger partial charge in [-0.2, -0.15) is 0 Å². The zero-order valence-electron chi connectivity index (χ0n) is 9.18. The van der Waals surface area contributed by atoms with Crippen molar-refractivity contribution in [2.45, 2.75) is 13.8 Å². The number of halogens is 1. The van der Waals surface area contributed by atoms with Crippen molar-refractivity contribution in [2.24, 2.45) is 11.8 Å². The van der Waals surface area contributed by atoms with Gasteiger partial charge in [-0.15, -0.1) is 0 Å². The van der Waals surface area contributed by atoms with Crippen molar-refractivity contribution in [2.75, 3.05) is 23.7 Å². The van der Waals surface area contributed by atoms with E-state index in [9.17, 15) is 0 Å². The molecule has 1 aromatic rings. The van der Waals surface area contributed by atoms with Crippen LogP contribution in [-0.4, -0.2) is 13.1 Å². The Bertz CT molecular complexity index is 349. The molecule has 0 spiro atoms. The van der Waals surface area contributed by atoms with Crippen molar-refractivity contribution < 1.29 is 0 Å². The summed E-state index contributed by atoms with van der Waals surface area (Å²) in [6.07, 6.45) is 0. The molecule has 0 amide bonds. The lowest BCUT2D eigenvalue weighted by Crippen LogP contribution is -2.23. The van der Waals surface area contributed by atoms with E-state index >= 15 is 0 Å². The first-order valence-corrected chi connectivity index (χ1v) is 6.23. The molecule has 0 fully saturated rings. The maximum absolute atomic E-state index is 3.50. The standard InChI is InChI=1S/C12H17BrN2/c1-8(2)9-6-14-11-4-3-10(13)5-12(11)15-7-9/h3-5,8-9,14-15H,6-7H2,1-2H3. The molecular weight excluding hydrogens is 252 g/mol. The van der Waals surface area contributed by atoms with Gasteiger partial charge in [0.2, 0.25) is 0 Å². The van der Waals surface area contributed by atoms with Gasteiger partial charge in [-0.3, -0.25) is 0 Å². The summed E-state index contributed by atoms with van der Waals surface area (Å²) < 4.78 is 1.12. The predicted molar refractivity (Wildman–Crippen MR) is 69.4 cm³/mol. The Morgan fingerprint density at radius 3 is 2.53 bits per heavy atom. The fourth-order valence-electron chi connectivity index (χ4n) is 1.84. The van der Waals surface area contributed by atoms with Crippen LogP contribution in [0.1, 0.15) is 13.8 Å². The Kier molecular flexibility index (Phi) is 3.19. The zero-order chi connectivity index (χ0) is 10.8. The minimum atomic E-state index is 0.691. The lowest BCUT2D eigenvalue weighted by Gasteiger charge is -2.18. The van der Waals surface area contributed by atoms with E-state index in [2.05, 4.69) is 58.6 Å². The van der Waals surface area contributed by atoms with Crippen molar-refractivity contribution in [3.8, 4) is 0 Å². The van der Waals surface area contributed by atoms with Crippen LogP contribution in [0.25, 0.3) is 0 Å². The molecule has 0 aliphatic carbocycles. The van der Waals surface area contributed by atoms with Crippen LogP contribution in [0.3, 0.4) is 0 Å². The van der Waals surface area contributed by atoms with E-state index in [0.717, 1.165) is 17.6 Å². The van der Waals surface area contributed by atoms with Crippen LogP contribution in [0.5, 0.6) is 0 Å². The maximum atomic E-state index is 3.50. The first-order valence-electron chi connectivity index (χ1n) is 5.44. The summed E-state index contributed by atoms with van der Waals surface area (Å²) in [4.78, 5) is 0. The van der Waals surface area contributed by atoms with Crippen molar-refractivity contribution in [1.82, 2.24) is 0 Å². The molecule has 1 aliphatic heterocycles. The van der Waals surface area contributed by atoms with Gasteiger partial charge in [0.15, 0.2) is 0 Å². The van der Waals surface area contributed by atoms with Gasteiger partial charge >= 0.3 is 0 Å². The Labute approximate surface area is 99.6 Å². The minimum Gasteiger partial charge on any atom is -0.383 e. The number of hydrogen-bond acceptors (Lipinski definition) is 2. The Morgan fingerprint density at radius 2 is 1.87 bits per heavy atom. The highest BCUT2D eigenvalue weighted by Gasteiger charge is 2.17. The molecule has 1 atom stereocenters. The monoisotopic (exact) mass is 268 g/mol. The largest absolute Gasteiger partial charge is 0.383 e. The molecule has 1 aromatic carbocycles. The summed E-state index contributed by atoms with van der Waals surface area (Å²) in [5, 5.41) is 7.01. The number of rotatable bonds is 1. The van der Waals surface area contributed by atoms with E-state index < -0.39 is 0 Å². The molecule has 2 rings (SSSR count). The average Bonchev–Trinajstić information content (AvgIpc) is 2.39. The molecule has 0 saturated carbocycles. The van der Waals surface area contributed by atoms with Gasteiger partial charge in [-0.05, 0) is 30.0 Å². The predicted octanol–water partition coefficient (Wildman–Crippen LogP) is 3.56. The highest BCUT2D eigenvalue weighted by molar-refractivity contribution is 9.10. The van der Waals surface area contributed by atoms with Crippen molar-refractivity contribution in [3.05, 3.63) is 22.7 Å². The number of benzene rings is 1. The zero-order valence-corrected chi connectivity index (χ0v) is 10.8. The number of anilines is 2. The molecule has 82 valence electrons. The summed E-state index contributed by atoms with van der Waals surface area (Å²) in [6, 6.07) is 6.32. The van der Waals surface area contributed by atoms with Crippen LogP contribution in [0, 0.1) is 11.8 Å². The van der Waals surface area contributed by atoms with E-state index in [-0.39, 0.29) is 0 Å². The maximum Gasteiger partial charge on any atom is 0.0587 e. The summed E-state index contributed by atoms with van der Waals surface area (Å²) in [5.41, 5.74) is 2.41. The van der Waals surface area contributed by atoms with E-state index in [1.165, 1.54) is 11.4 Å². The third-order valence-electron chi connectivity index (χ3n) is 3.03. The molecule has 0 radical (unpaired) electrons. The van der Waals surface area contributed by atoms with Crippen LogP contribution in [0.2, 0.25) is 0 Å². The molecule has 0 saturated heterocycles. The molecule has 0 bridgehead atoms. The first kappa shape index (κ1) is 10.8. The molecular formula is C12H17BrN2. The average molecular weight is 269 g/mol. The van der Waals surface area contributed by atoms with Crippen LogP contribution in [0.4, 0.5) is 11.4 Å². The molecule has 2 nitrogen and oxygen atoms in total.